The second kappa shape index (κ2) is 9.67. The molecule has 0 fully saturated rings. The Morgan fingerprint density at radius 2 is 1.56 bits per heavy atom. The summed E-state index contributed by atoms with van der Waals surface area (Å²) in [4.78, 5) is 13.4. The fourth-order valence-corrected chi connectivity index (χ4v) is 5.71. The third kappa shape index (κ3) is 4.92. The van der Waals surface area contributed by atoms with Crippen LogP contribution in [-0.2, 0) is 27.8 Å². The van der Waals surface area contributed by atoms with Crippen LogP contribution in [-0.4, -0.2) is 30.9 Å². The van der Waals surface area contributed by atoms with Crippen molar-refractivity contribution < 1.29 is 13.2 Å². The minimum Gasteiger partial charge on any atom is -0.325 e. The number of hydrogen-bond acceptors (Lipinski definition) is 3. The largest absolute Gasteiger partial charge is 0.325 e. The average molecular weight is 449 g/mol. The molecule has 1 heterocycles. The highest BCUT2D eigenvalue weighted by molar-refractivity contribution is 7.89. The van der Waals surface area contributed by atoms with Gasteiger partial charge in [-0.2, -0.15) is 4.31 Å². The van der Waals surface area contributed by atoms with E-state index in [0.29, 0.717) is 31.6 Å². The van der Waals surface area contributed by atoms with E-state index < -0.39 is 15.9 Å². The smallest absolute Gasteiger partial charge is 0.236 e. The van der Waals surface area contributed by atoms with Crippen molar-refractivity contribution in [2.24, 2.45) is 0 Å². The molecule has 3 aromatic rings. The molecular formula is C26H28N2O3S. The fourth-order valence-electron chi connectivity index (χ4n) is 4.23. The number of fused-ring (bicyclic) bond motifs is 1. The van der Waals surface area contributed by atoms with Gasteiger partial charge in [0.15, 0.2) is 0 Å². The zero-order valence-corrected chi connectivity index (χ0v) is 19.0. The summed E-state index contributed by atoms with van der Waals surface area (Å²) in [6, 6.07) is 25.2. The molecule has 1 amide bonds. The van der Waals surface area contributed by atoms with Crippen LogP contribution < -0.4 is 5.32 Å². The molecule has 0 aliphatic carbocycles. The van der Waals surface area contributed by atoms with Crippen LogP contribution in [0, 0.1) is 0 Å². The number of hydrogen-bond donors (Lipinski definition) is 1. The van der Waals surface area contributed by atoms with E-state index in [1.807, 2.05) is 85.8 Å². The number of carbonyl (C=O) groups excluding carboxylic acids is 1. The molecule has 0 aromatic heterocycles. The number of benzene rings is 3. The molecule has 6 heteroatoms. The van der Waals surface area contributed by atoms with Crippen LogP contribution in [0.1, 0.15) is 41.5 Å². The molecule has 5 nitrogen and oxygen atoms in total. The van der Waals surface area contributed by atoms with Crippen molar-refractivity contribution in [1.29, 1.82) is 0 Å². The van der Waals surface area contributed by atoms with Gasteiger partial charge in [0.2, 0.25) is 15.9 Å². The lowest BCUT2D eigenvalue weighted by atomic mass is 9.90. The van der Waals surface area contributed by atoms with Crippen LogP contribution in [0.3, 0.4) is 0 Å². The molecule has 1 aliphatic heterocycles. The second-order valence-electron chi connectivity index (χ2n) is 8.13. The van der Waals surface area contributed by atoms with E-state index in [-0.39, 0.29) is 11.7 Å². The van der Waals surface area contributed by atoms with Crippen LogP contribution in [0.25, 0.3) is 0 Å². The summed E-state index contributed by atoms with van der Waals surface area (Å²) in [5.74, 6) is -0.391. The minimum absolute atomic E-state index is 0.117. The van der Waals surface area contributed by atoms with Gasteiger partial charge < -0.3 is 5.32 Å². The molecule has 4 rings (SSSR count). The fraction of sp³-hybridized carbons (Fsp3) is 0.269. The second-order valence-corrected chi connectivity index (χ2v) is 10.2. The van der Waals surface area contributed by atoms with Gasteiger partial charge in [0.1, 0.15) is 0 Å². The Kier molecular flexibility index (Phi) is 6.72. The van der Waals surface area contributed by atoms with Crippen LogP contribution in [0.4, 0.5) is 5.69 Å². The zero-order valence-electron chi connectivity index (χ0n) is 18.2. The number of nitrogens with zero attached hydrogens (tertiary/aromatic N) is 1. The van der Waals surface area contributed by atoms with Gasteiger partial charge in [-0.05, 0) is 47.2 Å². The van der Waals surface area contributed by atoms with Gasteiger partial charge in [-0.3, -0.25) is 4.79 Å². The maximum atomic E-state index is 13.4. The quantitative estimate of drug-likeness (QED) is 0.576. The zero-order chi connectivity index (χ0) is 22.6. The summed E-state index contributed by atoms with van der Waals surface area (Å²) in [5, 5.41) is 3.06. The monoisotopic (exact) mass is 448 g/mol. The molecule has 3 aromatic carbocycles. The number of sulfonamides is 1. The van der Waals surface area contributed by atoms with Crippen molar-refractivity contribution >= 4 is 21.6 Å². The predicted octanol–water partition coefficient (Wildman–Crippen LogP) is 4.56. The summed E-state index contributed by atoms with van der Waals surface area (Å²) in [6.07, 6.45) is 1.28. The summed E-state index contributed by atoms with van der Waals surface area (Å²) in [7, 11) is -3.25. The maximum Gasteiger partial charge on any atom is 0.236 e. The highest BCUT2D eigenvalue weighted by atomic mass is 32.2. The lowest BCUT2D eigenvalue weighted by molar-refractivity contribution is -0.116. The number of nitrogens with one attached hydrogen (secondary N) is 1. The molecule has 0 atom stereocenters. The van der Waals surface area contributed by atoms with E-state index in [2.05, 4.69) is 5.32 Å². The molecule has 32 heavy (non-hydrogen) atoms. The maximum absolute atomic E-state index is 13.4. The van der Waals surface area contributed by atoms with E-state index in [0.717, 1.165) is 22.3 Å². The van der Waals surface area contributed by atoms with E-state index in [9.17, 15) is 13.2 Å². The van der Waals surface area contributed by atoms with Gasteiger partial charge in [0, 0.05) is 18.8 Å². The van der Waals surface area contributed by atoms with Gasteiger partial charge in [0.05, 0.1) is 11.7 Å². The van der Waals surface area contributed by atoms with E-state index >= 15 is 0 Å². The van der Waals surface area contributed by atoms with Crippen molar-refractivity contribution in [2.45, 2.75) is 32.2 Å². The van der Waals surface area contributed by atoms with Crippen molar-refractivity contribution in [3.8, 4) is 0 Å². The lowest BCUT2D eigenvalue weighted by Gasteiger charge is -2.28. The van der Waals surface area contributed by atoms with Crippen LogP contribution in [0.5, 0.6) is 0 Å². The van der Waals surface area contributed by atoms with Crippen molar-refractivity contribution in [3.63, 3.8) is 0 Å². The Hall–Kier alpha value is -2.96. The molecule has 0 saturated heterocycles. The van der Waals surface area contributed by atoms with Crippen LogP contribution in [0.15, 0.2) is 78.9 Å². The minimum atomic E-state index is -3.25. The Labute approximate surface area is 190 Å². The van der Waals surface area contributed by atoms with Crippen molar-refractivity contribution in [2.75, 3.05) is 17.6 Å². The normalized spacial score (nSPS) is 14.2. The molecule has 0 saturated carbocycles. The highest BCUT2D eigenvalue weighted by Crippen LogP contribution is 2.28. The third-order valence-corrected chi connectivity index (χ3v) is 7.86. The standard InChI is InChI=1S/C26H28N2O3S/c1-2-17-32(30,31)28-16-15-20-13-14-24(18-23(20)19-28)27-26(29)25(21-9-5-3-6-10-21)22-11-7-4-8-12-22/h3-14,18,25H,2,15-17,19H2,1H3,(H,27,29). The third-order valence-electron chi connectivity index (χ3n) is 5.83. The Balaban J connectivity index is 1.58. The molecule has 166 valence electrons. The van der Waals surface area contributed by atoms with Gasteiger partial charge in [0.25, 0.3) is 0 Å². The van der Waals surface area contributed by atoms with Crippen molar-refractivity contribution in [1.82, 2.24) is 4.31 Å². The number of anilines is 1. The Morgan fingerprint density at radius 3 is 2.16 bits per heavy atom. The van der Waals surface area contributed by atoms with Gasteiger partial charge in [-0.25, -0.2) is 8.42 Å². The van der Waals surface area contributed by atoms with Crippen LogP contribution in [0.2, 0.25) is 0 Å². The highest BCUT2D eigenvalue weighted by Gasteiger charge is 2.27. The summed E-state index contributed by atoms with van der Waals surface area (Å²) >= 11 is 0. The average Bonchev–Trinajstić information content (AvgIpc) is 2.80. The van der Waals surface area contributed by atoms with Gasteiger partial charge in [-0.1, -0.05) is 73.7 Å². The summed E-state index contributed by atoms with van der Waals surface area (Å²) in [5.41, 5.74) is 4.61. The molecule has 0 radical (unpaired) electrons. The molecule has 0 spiro atoms. The van der Waals surface area contributed by atoms with E-state index in [1.165, 1.54) is 0 Å². The first-order valence-corrected chi connectivity index (χ1v) is 12.6. The first kappa shape index (κ1) is 22.2. The first-order chi connectivity index (χ1) is 15.5. The molecule has 1 aliphatic rings. The molecule has 0 bridgehead atoms. The number of carbonyl (C=O) groups is 1. The molecule has 1 N–H and O–H groups in total. The molecule has 0 unspecified atom stereocenters. The Morgan fingerprint density at radius 1 is 0.938 bits per heavy atom. The van der Waals surface area contributed by atoms with Crippen molar-refractivity contribution in [3.05, 3.63) is 101 Å². The van der Waals surface area contributed by atoms with E-state index in [4.69, 9.17) is 0 Å². The number of rotatable bonds is 7. The molecular weight excluding hydrogens is 420 g/mol. The lowest BCUT2D eigenvalue weighted by Crippen LogP contribution is -2.37. The Bertz CT molecular complexity index is 1140. The van der Waals surface area contributed by atoms with Gasteiger partial charge >= 0.3 is 0 Å². The first-order valence-electron chi connectivity index (χ1n) is 11.0. The van der Waals surface area contributed by atoms with Crippen LogP contribution >= 0.6 is 0 Å². The topological polar surface area (TPSA) is 66.5 Å². The van der Waals surface area contributed by atoms with E-state index in [1.54, 1.807) is 4.31 Å². The summed E-state index contributed by atoms with van der Waals surface area (Å²) in [6.45, 7) is 2.73. The van der Waals surface area contributed by atoms with Gasteiger partial charge in [-0.15, -0.1) is 0 Å². The SMILES string of the molecule is CCCS(=O)(=O)N1CCc2ccc(NC(=O)C(c3ccccc3)c3ccccc3)cc2C1. The summed E-state index contributed by atoms with van der Waals surface area (Å²) < 4.78 is 26.6. The predicted molar refractivity (Wildman–Crippen MR) is 128 cm³/mol. The number of amides is 1.